The van der Waals surface area contributed by atoms with Crippen molar-refractivity contribution in [1.82, 2.24) is 0 Å². The Bertz CT molecular complexity index is 306. The number of aliphatic hydroxyl groups is 1. The molecule has 0 spiro atoms. The molecule has 1 rings (SSSR count). The predicted octanol–water partition coefficient (Wildman–Crippen LogP) is 2.59. The van der Waals surface area contributed by atoms with Crippen molar-refractivity contribution in [2.45, 2.75) is 6.10 Å². The van der Waals surface area contributed by atoms with E-state index >= 15 is 0 Å². The molecule has 1 unspecified atom stereocenters. The Balaban J connectivity index is 2.62. The van der Waals surface area contributed by atoms with E-state index in [2.05, 4.69) is 0 Å². The van der Waals surface area contributed by atoms with Crippen LogP contribution in [0.25, 0.3) is 0 Å². The molecule has 0 aliphatic carbocycles. The van der Waals surface area contributed by atoms with E-state index in [4.69, 9.17) is 16.9 Å². The van der Waals surface area contributed by atoms with E-state index in [0.717, 1.165) is 17.3 Å². The van der Waals surface area contributed by atoms with E-state index in [0.29, 0.717) is 10.8 Å². The molecule has 0 aliphatic rings. The molecule has 4 heteroatoms. The number of hydrogen-bond acceptors (Lipinski definition) is 3. The highest BCUT2D eigenvalue weighted by Gasteiger charge is 2.06. The lowest BCUT2D eigenvalue weighted by atomic mass is 10.1. The van der Waals surface area contributed by atoms with Gasteiger partial charge in [-0.25, -0.2) is 0 Å². The minimum atomic E-state index is -0.595. The first-order chi connectivity index (χ1) is 6.24. The fourth-order valence-corrected chi connectivity index (χ4v) is 1.45. The molecule has 0 aromatic heterocycles. The Labute approximate surface area is 86.1 Å². The Morgan fingerprint density at radius 3 is 2.62 bits per heavy atom. The summed E-state index contributed by atoms with van der Waals surface area (Å²) in [5, 5.41) is 20.4. The van der Waals surface area contributed by atoms with Crippen molar-refractivity contribution >= 4 is 23.4 Å². The number of halogens is 1. The summed E-state index contributed by atoms with van der Waals surface area (Å²) in [6, 6.07) is 6.95. The highest BCUT2D eigenvalue weighted by molar-refractivity contribution is 8.03. The Morgan fingerprint density at radius 1 is 1.46 bits per heavy atom. The topological polar surface area (TPSA) is 44.0 Å². The third-order valence-electron chi connectivity index (χ3n) is 1.56. The van der Waals surface area contributed by atoms with Crippen LogP contribution >= 0.6 is 23.4 Å². The van der Waals surface area contributed by atoms with E-state index < -0.39 is 6.10 Å². The van der Waals surface area contributed by atoms with Gasteiger partial charge in [-0.1, -0.05) is 23.7 Å². The zero-order valence-electron chi connectivity index (χ0n) is 6.77. The quantitative estimate of drug-likeness (QED) is 0.785. The highest BCUT2D eigenvalue weighted by Crippen LogP contribution is 2.19. The van der Waals surface area contributed by atoms with Gasteiger partial charge in [0, 0.05) is 10.8 Å². The maximum absolute atomic E-state index is 9.53. The molecule has 1 atom stereocenters. The van der Waals surface area contributed by atoms with Crippen LogP contribution in [0.3, 0.4) is 0 Å². The molecule has 68 valence electrons. The van der Waals surface area contributed by atoms with E-state index in [-0.39, 0.29) is 0 Å². The lowest BCUT2D eigenvalue weighted by Crippen LogP contribution is -1.99. The monoisotopic (exact) mass is 213 g/mol. The van der Waals surface area contributed by atoms with Crippen molar-refractivity contribution in [1.29, 1.82) is 5.26 Å². The second kappa shape index (κ2) is 5.13. The molecule has 0 radical (unpaired) electrons. The minimum Gasteiger partial charge on any atom is -0.388 e. The molecule has 0 saturated carbocycles. The molecule has 0 heterocycles. The molecular formula is C9H8ClNOS. The van der Waals surface area contributed by atoms with Crippen molar-refractivity contribution in [3.8, 4) is 5.40 Å². The van der Waals surface area contributed by atoms with Crippen LogP contribution in [0.1, 0.15) is 11.7 Å². The van der Waals surface area contributed by atoms with Gasteiger partial charge in [0.2, 0.25) is 0 Å². The van der Waals surface area contributed by atoms with Gasteiger partial charge in [0.1, 0.15) is 5.40 Å². The number of nitrogens with zero attached hydrogens (tertiary/aromatic N) is 1. The maximum Gasteiger partial charge on any atom is 0.133 e. The van der Waals surface area contributed by atoms with Gasteiger partial charge in [-0.2, -0.15) is 5.26 Å². The Kier molecular flexibility index (Phi) is 4.10. The van der Waals surface area contributed by atoms with Crippen molar-refractivity contribution in [3.63, 3.8) is 0 Å². The number of hydrogen-bond donors (Lipinski definition) is 1. The third kappa shape index (κ3) is 3.27. The minimum absolute atomic E-state index is 0.387. The molecule has 0 aliphatic heterocycles. The van der Waals surface area contributed by atoms with Gasteiger partial charge in [-0.05, 0) is 29.5 Å². The molecule has 0 amide bonds. The molecule has 1 aromatic rings. The summed E-state index contributed by atoms with van der Waals surface area (Å²) in [5.74, 6) is 0.387. The van der Waals surface area contributed by atoms with Crippen molar-refractivity contribution < 1.29 is 5.11 Å². The molecule has 13 heavy (non-hydrogen) atoms. The average Bonchev–Trinajstić information content (AvgIpc) is 2.15. The summed E-state index contributed by atoms with van der Waals surface area (Å²) in [6.45, 7) is 0. The zero-order valence-corrected chi connectivity index (χ0v) is 8.35. The first-order valence-corrected chi connectivity index (χ1v) is 5.05. The van der Waals surface area contributed by atoms with Gasteiger partial charge in [-0.15, -0.1) is 0 Å². The van der Waals surface area contributed by atoms with Crippen LogP contribution in [0.5, 0.6) is 0 Å². The fourth-order valence-electron chi connectivity index (χ4n) is 0.897. The van der Waals surface area contributed by atoms with E-state index in [1.54, 1.807) is 24.3 Å². The Hall–Kier alpha value is -0.690. The SMILES string of the molecule is N#CSCC(O)c1ccc(Cl)cc1. The Morgan fingerprint density at radius 2 is 2.08 bits per heavy atom. The summed E-state index contributed by atoms with van der Waals surface area (Å²) in [4.78, 5) is 0. The zero-order chi connectivity index (χ0) is 9.68. The van der Waals surface area contributed by atoms with Gasteiger partial charge in [0.15, 0.2) is 0 Å². The third-order valence-corrected chi connectivity index (χ3v) is 2.42. The van der Waals surface area contributed by atoms with E-state index in [1.165, 1.54) is 0 Å². The molecule has 0 fully saturated rings. The van der Waals surface area contributed by atoms with Gasteiger partial charge in [-0.3, -0.25) is 0 Å². The largest absolute Gasteiger partial charge is 0.388 e. The number of rotatable bonds is 3. The van der Waals surface area contributed by atoms with Crippen LogP contribution in [0.2, 0.25) is 5.02 Å². The van der Waals surface area contributed by atoms with Gasteiger partial charge < -0.3 is 5.11 Å². The first-order valence-electron chi connectivity index (χ1n) is 3.68. The van der Waals surface area contributed by atoms with E-state index in [9.17, 15) is 5.11 Å². The molecule has 0 bridgehead atoms. The lowest BCUT2D eigenvalue weighted by Gasteiger charge is -2.07. The molecule has 0 saturated heterocycles. The molecular weight excluding hydrogens is 206 g/mol. The predicted molar refractivity (Wildman–Crippen MR) is 54.5 cm³/mol. The molecule has 1 N–H and O–H groups in total. The number of thiocyanates is 1. The van der Waals surface area contributed by atoms with Crippen molar-refractivity contribution in [3.05, 3.63) is 34.9 Å². The fraction of sp³-hybridized carbons (Fsp3) is 0.222. The number of nitriles is 1. The van der Waals surface area contributed by atoms with E-state index in [1.807, 2.05) is 5.40 Å². The smallest absolute Gasteiger partial charge is 0.133 e. The van der Waals surface area contributed by atoms with Crippen molar-refractivity contribution in [2.24, 2.45) is 0 Å². The van der Waals surface area contributed by atoms with Crippen LogP contribution in [-0.2, 0) is 0 Å². The number of aliphatic hydroxyl groups excluding tert-OH is 1. The standard InChI is InChI=1S/C9H8ClNOS/c10-8-3-1-7(2-4-8)9(12)5-13-6-11/h1-4,9,12H,5H2. The molecule has 1 aromatic carbocycles. The summed E-state index contributed by atoms with van der Waals surface area (Å²) in [5.41, 5.74) is 0.784. The van der Waals surface area contributed by atoms with Crippen LogP contribution in [0.4, 0.5) is 0 Å². The summed E-state index contributed by atoms with van der Waals surface area (Å²) in [7, 11) is 0. The van der Waals surface area contributed by atoms with Crippen LogP contribution < -0.4 is 0 Å². The second-order valence-corrected chi connectivity index (χ2v) is 3.71. The van der Waals surface area contributed by atoms with Gasteiger partial charge in [0.25, 0.3) is 0 Å². The molecule has 2 nitrogen and oxygen atoms in total. The van der Waals surface area contributed by atoms with Gasteiger partial charge >= 0.3 is 0 Å². The summed E-state index contributed by atoms with van der Waals surface area (Å²) >= 11 is 6.72. The van der Waals surface area contributed by atoms with Crippen LogP contribution in [-0.4, -0.2) is 10.9 Å². The summed E-state index contributed by atoms with van der Waals surface area (Å²) < 4.78 is 0. The van der Waals surface area contributed by atoms with Gasteiger partial charge in [0.05, 0.1) is 6.10 Å². The number of benzene rings is 1. The average molecular weight is 214 g/mol. The highest BCUT2D eigenvalue weighted by atomic mass is 35.5. The van der Waals surface area contributed by atoms with Crippen LogP contribution in [0, 0.1) is 10.7 Å². The first kappa shape index (κ1) is 10.4. The van der Waals surface area contributed by atoms with Crippen molar-refractivity contribution in [2.75, 3.05) is 5.75 Å². The van der Waals surface area contributed by atoms with Crippen LogP contribution in [0.15, 0.2) is 24.3 Å². The number of thioether (sulfide) groups is 1. The maximum atomic E-state index is 9.53. The normalized spacial score (nSPS) is 12.1. The lowest BCUT2D eigenvalue weighted by molar-refractivity contribution is 0.204. The second-order valence-electron chi connectivity index (χ2n) is 2.47. The summed E-state index contributed by atoms with van der Waals surface area (Å²) in [6.07, 6.45) is -0.595.